The van der Waals surface area contributed by atoms with E-state index in [9.17, 15) is 14.4 Å². The quantitative estimate of drug-likeness (QED) is 0.319. The van der Waals surface area contributed by atoms with E-state index < -0.39 is 24.1 Å². The minimum absolute atomic E-state index is 0.00923. The van der Waals surface area contributed by atoms with Crippen molar-refractivity contribution in [2.75, 3.05) is 5.75 Å². The number of Topliss-reactive ketones (excluding diaryl/α,β-unsaturated/α-hetero) is 1. The monoisotopic (exact) mass is 523 g/mol. The molecule has 37 heavy (non-hydrogen) atoms. The molecule has 0 aliphatic rings. The largest absolute Gasteiger partial charge is 0.468 e. The van der Waals surface area contributed by atoms with Crippen molar-refractivity contribution in [3.63, 3.8) is 0 Å². The molecule has 2 N–H and O–H groups in total. The van der Waals surface area contributed by atoms with E-state index in [2.05, 4.69) is 15.6 Å². The molecule has 196 valence electrons. The summed E-state index contributed by atoms with van der Waals surface area (Å²) in [7, 11) is 0. The number of aromatic nitrogens is 1. The van der Waals surface area contributed by atoms with Gasteiger partial charge < -0.3 is 19.8 Å². The summed E-state index contributed by atoms with van der Waals surface area (Å²) in [6.07, 6.45) is 3.24. The van der Waals surface area contributed by atoms with Gasteiger partial charge in [0.05, 0.1) is 29.5 Å². The highest BCUT2D eigenvalue weighted by atomic mass is 32.2. The molecule has 0 unspecified atom stereocenters. The van der Waals surface area contributed by atoms with Crippen molar-refractivity contribution in [2.45, 2.75) is 51.1 Å². The van der Waals surface area contributed by atoms with Crippen LogP contribution < -0.4 is 10.6 Å². The van der Waals surface area contributed by atoms with Gasteiger partial charge in [0.2, 0.25) is 5.91 Å². The Labute approximate surface area is 221 Å². The average Bonchev–Trinajstić information content (AvgIpc) is 3.41. The molecule has 2 amide bonds. The van der Waals surface area contributed by atoms with Crippen molar-refractivity contribution in [1.82, 2.24) is 15.6 Å². The minimum Gasteiger partial charge on any atom is -0.468 e. The molecule has 0 aliphatic heterocycles. The molecule has 9 heteroatoms. The van der Waals surface area contributed by atoms with E-state index >= 15 is 0 Å². The number of carbonyl (C=O) groups excluding carboxylic acids is 3. The second kappa shape index (κ2) is 14.8. The van der Waals surface area contributed by atoms with Crippen molar-refractivity contribution >= 4 is 29.5 Å². The van der Waals surface area contributed by atoms with Crippen LogP contribution in [0, 0.1) is 5.92 Å². The number of nitrogens with one attached hydrogen (secondary N) is 2. The number of thioether (sulfide) groups is 1. The lowest BCUT2D eigenvalue weighted by atomic mass is 10.00. The lowest BCUT2D eigenvalue weighted by Crippen LogP contribution is -2.53. The van der Waals surface area contributed by atoms with Crippen LogP contribution in [-0.4, -0.2) is 40.6 Å². The maximum atomic E-state index is 13.3. The molecule has 2 atom stereocenters. The number of benzene rings is 1. The van der Waals surface area contributed by atoms with Crippen molar-refractivity contribution in [2.24, 2.45) is 5.92 Å². The van der Waals surface area contributed by atoms with Gasteiger partial charge in [0.25, 0.3) is 0 Å². The summed E-state index contributed by atoms with van der Waals surface area (Å²) in [6, 6.07) is 16.9. The van der Waals surface area contributed by atoms with Gasteiger partial charge >= 0.3 is 6.09 Å². The van der Waals surface area contributed by atoms with Crippen LogP contribution in [-0.2, 0) is 33.1 Å². The number of nitrogens with zero attached hydrogens (tertiary/aromatic N) is 1. The first-order valence-corrected chi connectivity index (χ1v) is 13.4. The first kappa shape index (κ1) is 28.0. The van der Waals surface area contributed by atoms with Gasteiger partial charge in [0.1, 0.15) is 18.4 Å². The predicted octanol–water partition coefficient (Wildman–Crippen LogP) is 4.55. The Morgan fingerprint density at radius 2 is 1.76 bits per heavy atom. The van der Waals surface area contributed by atoms with Crippen LogP contribution in [0.15, 0.2) is 77.5 Å². The first-order valence-electron chi connectivity index (χ1n) is 12.2. The number of carbonyl (C=O) groups is 3. The fourth-order valence-corrected chi connectivity index (χ4v) is 4.49. The van der Waals surface area contributed by atoms with Gasteiger partial charge in [-0.15, -0.1) is 11.8 Å². The molecule has 0 spiro atoms. The number of hydrogen-bond donors (Lipinski definition) is 2. The Hall–Kier alpha value is -3.59. The molecular formula is C28H33N3O5S. The smallest absolute Gasteiger partial charge is 0.408 e. The Morgan fingerprint density at radius 3 is 2.43 bits per heavy atom. The summed E-state index contributed by atoms with van der Waals surface area (Å²) in [5.41, 5.74) is 1.53. The first-order chi connectivity index (χ1) is 17.9. The van der Waals surface area contributed by atoms with E-state index in [1.807, 2.05) is 50.2 Å². The van der Waals surface area contributed by atoms with Crippen molar-refractivity contribution in [1.29, 1.82) is 0 Å². The Morgan fingerprint density at radius 1 is 0.973 bits per heavy atom. The SMILES string of the molecule is CC(C)C[C@H](NC(=O)OCc1ccccn1)C(=O)N[C@@H](Cc1ccccc1)C(=O)CSCc1ccco1. The molecular weight excluding hydrogens is 490 g/mol. The molecule has 3 aromatic rings. The normalized spacial score (nSPS) is 12.5. The Balaban J connectivity index is 1.63. The maximum Gasteiger partial charge on any atom is 0.408 e. The topological polar surface area (TPSA) is 111 Å². The maximum absolute atomic E-state index is 13.3. The van der Waals surface area contributed by atoms with E-state index in [-0.39, 0.29) is 24.1 Å². The summed E-state index contributed by atoms with van der Waals surface area (Å²) in [4.78, 5) is 43.0. The van der Waals surface area contributed by atoms with E-state index in [0.717, 1.165) is 11.3 Å². The van der Waals surface area contributed by atoms with E-state index in [0.29, 0.717) is 24.3 Å². The zero-order chi connectivity index (χ0) is 26.5. The minimum atomic E-state index is -0.849. The number of hydrogen-bond acceptors (Lipinski definition) is 7. The molecule has 1 aromatic carbocycles. The van der Waals surface area contributed by atoms with Crippen LogP contribution >= 0.6 is 11.8 Å². The Kier molecular flexibility index (Phi) is 11.2. The number of amides is 2. The van der Waals surface area contributed by atoms with Crippen LogP contribution in [0.1, 0.15) is 37.3 Å². The van der Waals surface area contributed by atoms with Crippen LogP contribution in [0.2, 0.25) is 0 Å². The summed E-state index contributed by atoms with van der Waals surface area (Å²) in [5.74, 6) is 1.16. The van der Waals surface area contributed by atoms with E-state index in [1.54, 1.807) is 36.7 Å². The van der Waals surface area contributed by atoms with Gasteiger partial charge in [0.15, 0.2) is 5.78 Å². The van der Waals surface area contributed by atoms with Crippen molar-refractivity contribution in [3.8, 4) is 0 Å². The summed E-state index contributed by atoms with van der Waals surface area (Å²) < 4.78 is 10.6. The lowest BCUT2D eigenvalue weighted by Gasteiger charge is -2.24. The van der Waals surface area contributed by atoms with E-state index in [4.69, 9.17) is 9.15 Å². The fourth-order valence-electron chi connectivity index (χ4n) is 3.62. The summed E-state index contributed by atoms with van der Waals surface area (Å²) in [5, 5.41) is 5.54. The second-order valence-electron chi connectivity index (χ2n) is 9.01. The molecule has 0 fully saturated rings. The summed E-state index contributed by atoms with van der Waals surface area (Å²) in [6.45, 7) is 3.91. The Bertz CT molecular complexity index is 1110. The van der Waals surface area contributed by atoms with Crippen LogP contribution in [0.25, 0.3) is 0 Å². The zero-order valence-electron chi connectivity index (χ0n) is 21.1. The molecule has 8 nitrogen and oxygen atoms in total. The summed E-state index contributed by atoms with van der Waals surface area (Å²) >= 11 is 1.43. The molecule has 0 bridgehead atoms. The van der Waals surface area contributed by atoms with Gasteiger partial charge in [-0.3, -0.25) is 14.6 Å². The second-order valence-corrected chi connectivity index (χ2v) is 10.00. The highest BCUT2D eigenvalue weighted by molar-refractivity contribution is 7.99. The molecule has 0 radical (unpaired) electrons. The standard InChI is InChI=1S/C28H33N3O5S/c1-20(2)15-25(31-28(34)36-17-22-11-6-7-13-29-22)27(33)30-24(16-21-9-4-3-5-10-21)26(32)19-37-18-23-12-8-14-35-23/h3-14,20,24-25H,15-19H2,1-2H3,(H,30,33)(H,31,34)/t24-,25-/m0/s1. The van der Waals surface area contributed by atoms with Gasteiger partial charge in [0, 0.05) is 6.20 Å². The average molecular weight is 524 g/mol. The van der Waals surface area contributed by atoms with Gasteiger partial charge in [-0.05, 0) is 48.6 Å². The van der Waals surface area contributed by atoms with Gasteiger partial charge in [-0.25, -0.2) is 4.79 Å². The third kappa shape index (κ3) is 10.1. The number of ether oxygens (including phenoxy) is 1. The third-order valence-corrected chi connectivity index (χ3v) is 6.43. The number of furan rings is 1. The van der Waals surface area contributed by atoms with Gasteiger partial charge in [-0.2, -0.15) is 0 Å². The lowest BCUT2D eigenvalue weighted by molar-refractivity contribution is -0.128. The van der Waals surface area contributed by atoms with Crippen molar-refractivity contribution in [3.05, 3.63) is 90.1 Å². The van der Waals surface area contributed by atoms with Crippen LogP contribution in [0.4, 0.5) is 4.79 Å². The molecule has 0 aliphatic carbocycles. The zero-order valence-corrected chi connectivity index (χ0v) is 21.9. The van der Waals surface area contributed by atoms with Crippen LogP contribution in [0.5, 0.6) is 0 Å². The molecule has 2 aromatic heterocycles. The highest BCUT2D eigenvalue weighted by Crippen LogP contribution is 2.15. The molecule has 2 heterocycles. The highest BCUT2D eigenvalue weighted by Gasteiger charge is 2.28. The number of ketones is 1. The molecule has 0 saturated carbocycles. The fraction of sp³-hybridized carbons (Fsp3) is 0.357. The predicted molar refractivity (Wildman–Crippen MR) is 143 cm³/mol. The van der Waals surface area contributed by atoms with Gasteiger partial charge in [-0.1, -0.05) is 50.2 Å². The molecule has 0 saturated heterocycles. The third-order valence-electron chi connectivity index (χ3n) is 5.45. The van der Waals surface area contributed by atoms with E-state index in [1.165, 1.54) is 11.8 Å². The number of rotatable bonds is 14. The van der Waals surface area contributed by atoms with Crippen molar-refractivity contribution < 1.29 is 23.5 Å². The number of alkyl carbamates (subject to hydrolysis) is 1. The molecule has 3 rings (SSSR count). The van der Waals surface area contributed by atoms with Crippen LogP contribution in [0.3, 0.4) is 0 Å². The number of pyridine rings is 1.